The first-order chi connectivity index (χ1) is 13.0. The SMILES string of the molecule is Cc1ccc(C(=O)N2CCCC[C@H]2C)c(C2CCN(C(=O)C3CC3)CC2)n1. The van der Waals surface area contributed by atoms with E-state index in [1.54, 1.807) is 0 Å². The lowest BCUT2D eigenvalue weighted by Gasteiger charge is -2.35. The van der Waals surface area contributed by atoms with Crippen LogP contribution in [0.25, 0.3) is 0 Å². The molecule has 1 aromatic rings. The van der Waals surface area contributed by atoms with Gasteiger partial charge in [-0.3, -0.25) is 14.6 Å². The summed E-state index contributed by atoms with van der Waals surface area (Å²) in [5, 5.41) is 0. The molecule has 2 aliphatic heterocycles. The predicted octanol–water partition coefficient (Wildman–Crippen LogP) is 3.52. The zero-order valence-electron chi connectivity index (χ0n) is 16.6. The van der Waals surface area contributed by atoms with Crippen LogP contribution in [0.3, 0.4) is 0 Å². The lowest BCUT2D eigenvalue weighted by molar-refractivity contribution is -0.133. The van der Waals surface area contributed by atoms with Crippen LogP contribution in [0.5, 0.6) is 0 Å². The third-order valence-electron chi connectivity index (χ3n) is 6.48. The van der Waals surface area contributed by atoms with E-state index in [-0.39, 0.29) is 17.7 Å². The van der Waals surface area contributed by atoms with Crippen LogP contribution in [-0.2, 0) is 4.79 Å². The van der Waals surface area contributed by atoms with Crippen molar-refractivity contribution in [2.24, 2.45) is 5.92 Å². The summed E-state index contributed by atoms with van der Waals surface area (Å²) in [7, 11) is 0. The first-order valence-corrected chi connectivity index (χ1v) is 10.6. The summed E-state index contributed by atoms with van der Waals surface area (Å²) in [4.78, 5) is 34.5. The molecule has 1 aliphatic carbocycles. The minimum absolute atomic E-state index is 0.140. The second-order valence-electron chi connectivity index (χ2n) is 8.60. The minimum atomic E-state index is 0.140. The van der Waals surface area contributed by atoms with E-state index < -0.39 is 0 Å². The molecule has 0 spiro atoms. The van der Waals surface area contributed by atoms with E-state index in [4.69, 9.17) is 4.98 Å². The third kappa shape index (κ3) is 3.87. The number of carbonyl (C=O) groups is 2. The highest BCUT2D eigenvalue weighted by Gasteiger charge is 2.36. The summed E-state index contributed by atoms with van der Waals surface area (Å²) in [6.45, 7) is 6.59. The number of piperidine rings is 2. The highest BCUT2D eigenvalue weighted by Crippen LogP contribution is 2.35. The van der Waals surface area contributed by atoms with Gasteiger partial charge in [0.1, 0.15) is 0 Å². The van der Waals surface area contributed by atoms with Crippen LogP contribution >= 0.6 is 0 Å². The van der Waals surface area contributed by atoms with Crippen LogP contribution < -0.4 is 0 Å². The Hall–Kier alpha value is -1.91. The lowest BCUT2D eigenvalue weighted by atomic mass is 9.89. The van der Waals surface area contributed by atoms with Crippen molar-refractivity contribution in [2.75, 3.05) is 19.6 Å². The lowest BCUT2D eigenvalue weighted by Crippen LogP contribution is -2.43. The molecule has 1 aromatic heterocycles. The van der Waals surface area contributed by atoms with Crippen molar-refractivity contribution in [1.82, 2.24) is 14.8 Å². The van der Waals surface area contributed by atoms with Crippen molar-refractivity contribution in [1.29, 1.82) is 0 Å². The molecule has 0 bridgehead atoms. The van der Waals surface area contributed by atoms with E-state index in [0.717, 1.165) is 75.1 Å². The van der Waals surface area contributed by atoms with Crippen LogP contribution in [0, 0.1) is 12.8 Å². The summed E-state index contributed by atoms with van der Waals surface area (Å²) in [5.74, 6) is 1.04. The first-order valence-electron chi connectivity index (χ1n) is 10.6. The van der Waals surface area contributed by atoms with Gasteiger partial charge in [-0.2, -0.15) is 0 Å². The molecule has 4 rings (SSSR count). The molecule has 0 aromatic carbocycles. The maximum Gasteiger partial charge on any atom is 0.255 e. The van der Waals surface area contributed by atoms with Gasteiger partial charge < -0.3 is 9.80 Å². The predicted molar refractivity (Wildman–Crippen MR) is 105 cm³/mol. The number of amides is 2. The molecule has 3 aliphatic rings. The van der Waals surface area contributed by atoms with Gasteiger partial charge in [0, 0.05) is 43.2 Å². The van der Waals surface area contributed by atoms with Crippen molar-refractivity contribution < 1.29 is 9.59 Å². The molecule has 0 N–H and O–H groups in total. The van der Waals surface area contributed by atoms with Crippen LogP contribution in [0.2, 0.25) is 0 Å². The van der Waals surface area contributed by atoms with E-state index in [0.29, 0.717) is 11.9 Å². The average molecular weight is 370 g/mol. The molecular weight excluding hydrogens is 338 g/mol. The second-order valence-corrected chi connectivity index (χ2v) is 8.60. The van der Waals surface area contributed by atoms with Crippen LogP contribution in [-0.4, -0.2) is 52.3 Å². The van der Waals surface area contributed by atoms with Gasteiger partial charge in [-0.15, -0.1) is 0 Å². The molecule has 27 heavy (non-hydrogen) atoms. The topological polar surface area (TPSA) is 53.5 Å². The van der Waals surface area contributed by atoms with E-state index in [9.17, 15) is 9.59 Å². The van der Waals surface area contributed by atoms with E-state index in [1.165, 1.54) is 6.42 Å². The Morgan fingerprint density at radius 3 is 2.41 bits per heavy atom. The molecule has 0 unspecified atom stereocenters. The molecule has 146 valence electrons. The number of hydrogen-bond acceptors (Lipinski definition) is 3. The van der Waals surface area contributed by atoms with Crippen molar-refractivity contribution in [3.05, 3.63) is 29.1 Å². The molecule has 2 saturated heterocycles. The minimum Gasteiger partial charge on any atom is -0.342 e. The fourth-order valence-electron chi connectivity index (χ4n) is 4.59. The second kappa shape index (κ2) is 7.61. The quantitative estimate of drug-likeness (QED) is 0.819. The van der Waals surface area contributed by atoms with Gasteiger partial charge in [0.2, 0.25) is 5.91 Å². The summed E-state index contributed by atoms with van der Waals surface area (Å²) < 4.78 is 0. The maximum absolute atomic E-state index is 13.3. The fraction of sp³-hybridized carbons (Fsp3) is 0.682. The molecule has 0 radical (unpaired) electrons. The Labute approximate surface area is 162 Å². The first kappa shape index (κ1) is 18.5. The third-order valence-corrected chi connectivity index (χ3v) is 6.48. The molecule has 5 heteroatoms. The number of pyridine rings is 1. The fourth-order valence-corrected chi connectivity index (χ4v) is 4.59. The van der Waals surface area contributed by atoms with Crippen molar-refractivity contribution in [3.8, 4) is 0 Å². The van der Waals surface area contributed by atoms with Crippen molar-refractivity contribution in [3.63, 3.8) is 0 Å². The number of aromatic nitrogens is 1. The monoisotopic (exact) mass is 369 g/mol. The highest BCUT2D eigenvalue weighted by atomic mass is 16.2. The van der Waals surface area contributed by atoms with Crippen LogP contribution in [0.4, 0.5) is 0 Å². The van der Waals surface area contributed by atoms with Gasteiger partial charge in [0.25, 0.3) is 5.91 Å². The molecule has 3 heterocycles. The number of nitrogens with zero attached hydrogens (tertiary/aromatic N) is 3. The van der Waals surface area contributed by atoms with Gasteiger partial charge >= 0.3 is 0 Å². The standard InChI is InChI=1S/C22H31N3O2/c1-15-6-9-19(22(27)25-12-4-3-5-16(25)2)20(23-15)17-10-13-24(14-11-17)21(26)18-7-8-18/h6,9,16-18H,3-5,7-8,10-14H2,1-2H3/t16-/m1/s1. The normalized spacial score (nSPS) is 24.1. The van der Waals surface area contributed by atoms with Gasteiger partial charge in [0.15, 0.2) is 0 Å². The highest BCUT2D eigenvalue weighted by molar-refractivity contribution is 5.95. The molecule has 2 amide bonds. The summed E-state index contributed by atoms with van der Waals surface area (Å²) >= 11 is 0. The van der Waals surface area contributed by atoms with Crippen LogP contribution in [0.15, 0.2) is 12.1 Å². The Balaban J connectivity index is 1.51. The summed E-state index contributed by atoms with van der Waals surface area (Å²) in [6.07, 6.45) is 7.32. The number of rotatable bonds is 3. The zero-order valence-corrected chi connectivity index (χ0v) is 16.6. The Morgan fingerprint density at radius 2 is 1.74 bits per heavy atom. The molecule has 5 nitrogen and oxygen atoms in total. The molecular formula is C22H31N3O2. The Bertz CT molecular complexity index is 720. The maximum atomic E-state index is 13.3. The number of carbonyl (C=O) groups excluding carboxylic acids is 2. The molecule has 1 saturated carbocycles. The smallest absolute Gasteiger partial charge is 0.255 e. The van der Waals surface area contributed by atoms with E-state index in [2.05, 4.69) is 6.92 Å². The van der Waals surface area contributed by atoms with Gasteiger partial charge in [-0.25, -0.2) is 0 Å². The van der Waals surface area contributed by atoms with Gasteiger partial charge in [-0.1, -0.05) is 0 Å². The van der Waals surface area contributed by atoms with Gasteiger partial charge in [0.05, 0.1) is 11.3 Å². The van der Waals surface area contributed by atoms with Crippen molar-refractivity contribution >= 4 is 11.8 Å². The number of likely N-dealkylation sites (tertiary alicyclic amines) is 2. The van der Waals surface area contributed by atoms with Crippen molar-refractivity contribution in [2.45, 2.75) is 70.8 Å². The summed E-state index contributed by atoms with van der Waals surface area (Å²) in [5.41, 5.74) is 2.70. The molecule has 1 atom stereocenters. The average Bonchev–Trinajstić information content (AvgIpc) is 3.53. The largest absolute Gasteiger partial charge is 0.342 e. The Morgan fingerprint density at radius 1 is 1.00 bits per heavy atom. The molecule has 3 fully saturated rings. The van der Waals surface area contributed by atoms with E-state index >= 15 is 0 Å². The Kier molecular flexibility index (Phi) is 5.20. The zero-order chi connectivity index (χ0) is 19.0. The van der Waals surface area contributed by atoms with E-state index in [1.807, 2.05) is 28.9 Å². The number of hydrogen-bond donors (Lipinski definition) is 0. The van der Waals surface area contributed by atoms with Crippen LogP contribution in [0.1, 0.15) is 79.5 Å². The summed E-state index contributed by atoms with van der Waals surface area (Å²) in [6, 6.07) is 4.23. The van der Waals surface area contributed by atoms with Gasteiger partial charge in [-0.05, 0) is 70.9 Å². The number of aryl methyl sites for hydroxylation is 1.